The minimum absolute atomic E-state index is 0.179. The highest BCUT2D eigenvalue weighted by Gasteiger charge is 2.26. The Kier molecular flexibility index (Phi) is 6.62. The summed E-state index contributed by atoms with van der Waals surface area (Å²) < 4.78 is 0. The first-order valence-electron chi connectivity index (χ1n) is 9.77. The largest absolute Gasteiger partial charge is 0.481 e. The van der Waals surface area contributed by atoms with E-state index in [4.69, 9.17) is 5.11 Å². The Bertz CT molecular complexity index is 778. The second kappa shape index (κ2) is 9.34. The first-order chi connectivity index (χ1) is 13.5. The fourth-order valence-corrected chi connectivity index (χ4v) is 3.44. The van der Waals surface area contributed by atoms with Crippen molar-refractivity contribution in [1.82, 2.24) is 15.0 Å². The number of aromatic nitrogens is 3. The molecule has 1 aliphatic carbocycles. The number of nitrogens with zero attached hydrogens (tertiary/aromatic N) is 3. The topological polar surface area (TPSA) is 112 Å². The fourth-order valence-electron chi connectivity index (χ4n) is 3.44. The van der Waals surface area contributed by atoms with Crippen molar-refractivity contribution in [1.29, 1.82) is 0 Å². The van der Waals surface area contributed by atoms with Gasteiger partial charge in [-0.1, -0.05) is 37.3 Å². The van der Waals surface area contributed by atoms with Crippen molar-refractivity contribution < 1.29 is 9.90 Å². The zero-order chi connectivity index (χ0) is 19.9. The van der Waals surface area contributed by atoms with E-state index in [0.29, 0.717) is 43.1 Å². The number of carboxylic acid groups (broad SMARTS) is 1. The van der Waals surface area contributed by atoms with E-state index in [-0.39, 0.29) is 12.0 Å². The summed E-state index contributed by atoms with van der Waals surface area (Å²) in [5.41, 5.74) is 1.26. The summed E-state index contributed by atoms with van der Waals surface area (Å²) in [6.07, 6.45) is 2.95. The average Bonchev–Trinajstić information content (AvgIpc) is 2.73. The molecular weight excluding hydrogens is 356 g/mol. The Balaban J connectivity index is 1.61. The highest BCUT2D eigenvalue weighted by molar-refractivity contribution is 5.70. The van der Waals surface area contributed by atoms with Gasteiger partial charge >= 0.3 is 5.97 Å². The molecule has 28 heavy (non-hydrogen) atoms. The molecule has 1 aromatic heterocycles. The highest BCUT2D eigenvalue weighted by Crippen LogP contribution is 2.26. The summed E-state index contributed by atoms with van der Waals surface area (Å²) >= 11 is 0. The Hall–Kier alpha value is -2.90. The van der Waals surface area contributed by atoms with E-state index < -0.39 is 5.97 Å². The van der Waals surface area contributed by atoms with Gasteiger partial charge in [-0.3, -0.25) is 4.79 Å². The van der Waals surface area contributed by atoms with E-state index in [0.717, 1.165) is 12.8 Å². The lowest BCUT2D eigenvalue weighted by Gasteiger charge is -2.26. The van der Waals surface area contributed by atoms with Gasteiger partial charge in [0.05, 0.1) is 5.92 Å². The lowest BCUT2D eigenvalue weighted by molar-refractivity contribution is -0.142. The summed E-state index contributed by atoms with van der Waals surface area (Å²) in [6, 6.07) is 10.5. The molecule has 0 amide bonds. The van der Waals surface area contributed by atoms with Crippen molar-refractivity contribution in [2.24, 2.45) is 5.92 Å². The molecule has 1 atom stereocenters. The van der Waals surface area contributed by atoms with E-state index in [1.165, 1.54) is 5.56 Å². The zero-order valence-corrected chi connectivity index (χ0v) is 16.4. The molecule has 0 radical (unpaired) electrons. The van der Waals surface area contributed by atoms with Gasteiger partial charge < -0.3 is 21.1 Å². The third-order valence-corrected chi connectivity index (χ3v) is 5.20. The summed E-state index contributed by atoms with van der Waals surface area (Å²) in [5.74, 6) is 0.901. The molecule has 1 fully saturated rings. The van der Waals surface area contributed by atoms with Crippen LogP contribution in [0.2, 0.25) is 0 Å². The lowest BCUT2D eigenvalue weighted by atomic mass is 9.86. The number of carboxylic acids is 1. The first kappa shape index (κ1) is 19.9. The van der Waals surface area contributed by atoms with E-state index >= 15 is 0 Å². The van der Waals surface area contributed by atoms with Gasteiger partial charge in [-0.05, 0) is 37.2 Å². The molecule has 1 heterocycles. The third-order valence-electron chi connectivity index (χ3n) is 5.20. The molecule has 2 aromatic rings. The smallest absolute Gasteiger partial charge is 0.306 e. The molecule has 0 bridgehead atoms. The molecule has 3 rings (SSSR count). The van der Waals surface area contributed by atoms with Crippen molar-refractivity contribution in [3.8, 4) is 0 Å². The quantitative estimate of drug-likeness (QED) is 0.549. The second-order valence-electron chi connectivity index (χ2n) is 7.28. The SMILES string of the molecule is CNc1nc(NC[C@H](C)c2ccccc2)nc(NC2CCC(C(=O)O)CC2)n1. The van der Waals surface area contributed by atoms with Crippen LogP contribution in [0.5, 0.6) is 0 Å². The summed E-state index contributed by atoms with van der Waals surface area (Å²) in [7, 11) is 1.77. The van der Waals surface area contributed by atoms with Gasteiger partial charge in [0.1, 0.15) is 0 Å². The van der Waals surface area contributed by atoms with Gasteiger partial charge in [-0.2, -0.15) is 15.0 Å². The maximum Gasteiger partial charge on any atom is 0.306 e. The molecule has 0 aliphatic heterocycles. The Morgan fingerprint density at radius 3 is 2.36 bits per heavy atom. The highest BCUT2D eigenvalue weighted by atomic mass is 16.4. The molecule has 1 saturated carbocycles. The van der Waals surface area contributed by atoms with Gasteiger partial charge in [0.25, 0.3) is 0 Å². The normalized spacial score (nSPS) is 20.2. The molecular formula is C20H28N6O2. The molecule has 0 saturated heterocycles. The van der Waals surface area contributed by atoms with Crippen molar-refractivity contribution in [2.45, 2.75) is 44.6 Å². The van der Waals surface area contributed by atoms with Crippen LogP contribution in [-0.4, -0.2) is 45.7 Å². The number of aliphatic carboxylic acids is 1. The van der Waals surface area contributed by atoms with Crippen LogP contribution >= 0.6 is 0 Å². The number of anilines is 3. The average molecular weight is 384 g/mol. The molecule has 1 aromatic carbocycles. The van der Waals surface area contributed by atoms with Crippen molar-refractivity contribution in [3.05, 3.63) is 35.9 Å². The Morgan fingerprint density at radius 2 is 1.71 bits per heavy atom. The van der Waals surface area contributed by atoms with Crippen LogP contribution in [-0.2, 0) is 4.79 Å². The number of rotatable bonds is 8. The molecule has 1 aliphatic rings. The minimum Gasteiger partial charge on any atom is -0.481 e. The Labute approximate surface area is 165 Å². The first-order valence-corrected chi connectivity index (χ1v) is 9.77. The van der Waals surface area contributed by atoms with E-state index in [1.54, 1.807) is 7.05 Å². The van der Waals surface area contributed by atoms with Crippen LogP contribution in [0.25, 0.3) is 0 Å². The van der Waals surface area contributed by atoms with Crippen LogP contribution in [0, 0.1) is 5.92 Å². The third kappa shape index (κ3) is 5.31. The summed E-state index contributed by atoms with van der Waals surface area (Å²) in [4.78, 5) is 24.4. The predicted octanol–water partition coefficient (Wildman–Crippen LogP) is 3.18. The maximum atomic E-state index is 11.1. The van der Waals surface area contributed by atoms with Crippen LogP contribution < -0.4 is 16.0 Å². The van der Waals surface area contributed by atoms with Gasteiger partial charge in [0, 0.05) is 19.6 Å². The van der Waals surface area contributed by atoms with E-state index in [1.807, 2.05) is 18.2 Å². The van der Waals surface area contributed by atoms with Crippen LogP contribution in [0.3, 0.4) is 0 Å². The van der Waals surface area contributed by atoms with E-state index in [2.05, 4.69) is 50.0 Å². The van der Waals surface area contributed by atoms with Crippen LogP contribution in [0.15, 0.2) is 30.3 Å². The monoisotopic (exact) mass is 384 g/mol. The summed E-state index contributed by atoms with van der Waals surface area (Å²) in [6.45, 7) is 2.86. The van der Waals surface area contributed by atoms with Crippen molar-refractivity contribution in [2.75, 3.05) is 29.5 Å². The number of carbonyl (C=O) groups is 1. The van der Waals surface area contributed by atoms with Gasteiger partial charge in [-0.15, -0.1) is 0 Å². The van der Waals surface area contributed by atoms with Crippen LogP contribution in [0.4, 0.5) is 17.8 Å². The molecule has 8 heteroatoms. The minimum atomic E-state index is -0.699. The summed E-state index contributed by atoms with van der Waals surface area (Å²) in [5, 5.41) is 18.7. The number of nitrogens with one attached hydrogen (secondary N) is 3. The van der Waals surface area contributed by atoms with Gasteiger partial charge in [0.2, 0.25) is 17.8 Å². The number of hydrogen-bond donors (Lipinski definition) is 4. The second-order valence-corrected chi connectivity index (χ2v) is 7.28. The molecule has 0 spiro atoms. The number of hydrogen-bond acceptors (Lipinski definition) is 7. The molecule has 4 N–H and O–H groups in total. The standard InChI is InChI=1S/C20H28N6O2/c1-13(14-6-4-3-5-7-14)12-22-19-24-18(21-2)25-20(26-19)23-16-10-8-15(9-11-16)17(27)28/h3-7,13,15-16H,8-12H2,1-2H3,(H,27,28)(H3,21,22,23,24,25,26)/t13-,15?,16?/m0/s1. The van der Waals surface area contributed by atoms with Crippen molar-refractivity contribution in [3.63, 3.8) is 0 Å². The van der Waals surface area contributed by atoms with Crippen molar-refractivity contribution >= 4 is 23.8 Å². The Morgan fingerprint density at radius 1 is 1.07 bits per heavy atom. The van der Waals surface area contributed by atoms with Gasteiger partial charge in [0.15, 0.2) is 0 Å². The van der Waals surface area contributed by atoms with E-state index in [9.17, 15) is 4.79 Å². The van der Waals surface area contributed by atoms with Crippen LogP contribution in [0.1, 0.15) is 44.1 Å². The zero-order valence-electron chi connectivity index (χ0n) is 16.4. The lowest BCUT2D eigenvalue weighted by Crippen LogP contribution is -2.30. The predicted molar refractivity (Wildman–Crippen MR) is 110 cm³/mol. The van der Waals surface area contributed by atoms with Gasteiger partial charge in [-0.25, -0.2) is 0 Å². The molecule has 8 nitrogen and oxygen atoms in total. The number of benzene rings is 1. The molecule has 150 valence electrons. The maximum absolute atomic E-state index is 11.1. The molecule has 0 unspecified atom stereocenters. The fraction of sp³-hybridized carbons (Fsp3) is 0.500.